The first-order chi connectivity index (χ1) is 9.63. The molecular formula is C16H24N2O2. The Hall–Kier alpha value is -1.42. The molecule has 1 aromatic rings. The summed E-state index contributed by atoms with van der Waals surface area (Å²) in [6.45, 7) is 9.09. The summed E-state index contributed by atoms with van der Waals surface area (Å²) in [5.74, 6) is 3.19. The van der Waals surface area contributed by atoms with Gasteiger partial charge in [0.05, 0.1) is 0 Å². The maximum atomic E-state index is 6.15. The zero-order valence-electron chi connectivity index (χ0n) is 12.4. The van der Waals surface area contributed by atoms with E-state index in [1.807, 2.05) is 12.1 Å². The Morgan fingerprint density at radius 1 is 1.25 bits per heavy atom. The van der Waals surface area contributed by atoms with Crippen molar-refractivity contribution in [2.75, 3.05) is 32.0 Å². The van der Waals surface area contributed by atoms with Crippen LogP contribution in [0.25, 0.3) is 0 Å². The number of nitrogens with zero attached hydrogens (tertiary/aromatic N) is 1. The Balaban J connectivity index is 1.71. The molecule has 0 bridgehead atoms. The lowest BCUT2D eigenvalue weighted by atomic mass is 9.95. The number of rotatable bonds is 3. The molecular weight excluding hydrogens is 252 g/mol. The summed E-state index contributed by atoms with van der Waals surface area (Å²) < 4.78 is 11.2. The van der Waals surface area contributed by atoms with Crippen molar-refractivity contribution < 1.29 is 9.47 Å². The number of nitrogen functional groups attached to an aromatic ring is 1. The highest BCUT2D eigenvalue weighted by molar-refractivity contribution is 5.58. The van der Waals surface area contributed by atoms with Gasteiger partial charge < -0.3 is 15.2 Å². The highest BCUT2D eigenvalue weighted by Crippen LogP contribution is 2.35. The predicted molar refractivity (Wildman–Crippen MR) is 80.1 cm³/mol. The number of nitrogens with two attached hydrogens (primary N) is 1. The summed E-state index contributed by atoms with van der Waals surface area (Å²) in [6.07, 6.45) is 1.29. The Morgan fingerprint density at radius 2 is 1.95 bits per heavy atom. The minimum absolute atomic E-state index is 0.605. The van der Waals surface area contributed by atoms with Crippen molar-refractivity contribution in [3.63, 3.8) is 0 Å². The summed E-state index contributed by atoms with van der Waals surface area (Å²) in [5, 5.41) is 0. The Kier molecular flexibility index (Phi) is 3.74. The number of ether oxygens (including phenoxy) is 2. The van der Waals surface area contributed by atoms with Crippen LogP contribution in [0, 0.1) is 11.8 Å². The zero-order chi connectivity index (χ0) is 14.1. The van der Waals surface area contributed by atoms with E-state index >= 15 is 0 Å². The molecule has 0 aliphatic carbocycles. The minimum Gasteiger partial charge on any atom is -0.486 e. The van der Waals surface area contributed by atoms with Crippen LogP contribution in [0.15, 0.2) is 12.1 Å². The monoisotopic (exact) mass is 276 g/mol. The van der Waals surface area contributed by atoms with E-state index in [9.17, 15) is 0 Å². The Morgan fingerprint density at radius 3 is 2.60 bits per heavy atom. The predicted octanol–water partition coefficient (Wildman–Crippen LogP) is 2.52. The van der Waals surface area contributed by atoms with Gasteiger partial charge in [0.15, 0.2) is 11.5 Å². The maximum Gasteiger partial charge on any atom is 0.163 e. The van der Waals surface area contributed by atoms with Gasteiger partial charge in [0.25, 0.3) is 0 Å². The first kappa shape index (κ1) is 13.6. The number of fused-ring (bicyclic) bond motifs is 1. The number of hydrogen-bond acceptors (Lipinski definition) is 4. The molecule has 0 aromatic heterocycles. The molecule has 1 unspecified atom stereocenters. The van der Waals surface area contributed by atoms with Crippen LogP contribution in [0.1, 0.15) is 25.8 Å². The Labute approximate surface area is 120 Å². The average Bonchev–Trinajstić information content (AvgIpc) is 2.88. The molecule has 2 aliphatic heterocycles. The van der Waals surface area contributed by atoms with Gasteiger partial charge in [-0.1, -0.05) is 13.8 Å². The molecule has 4 heteroatoms. The smallest absolute Gasteiger partial charge is 0.163 e. The Bertz CT molecular complexity index is 488. The molecule has 110 valence electrons. The highest BCUT2D eigenvalue weighted by Gasteiger charge is 2.25. The molecule has 1 atom stereocenters. The van der Waals surface area contributed by atoms with E-state index in [1.54, 1.807) is 0 Å². The second-order valence-electron chi connectivity index (χ2n) is 6.22. The molecule has 1 aromatic carbocycles. The van der Waals surface area contributed by atoms with E-state index in [4.69, 9.17) is 15.2 Å². The fourth-order valence-corrected chi connectivity index (χ4v) is 3.07. The van der Waals surface area contributed by atoms with Gasteiger partial charge in [-0.3, -0.25) is 4.90 Å². The third-order valence-corrected chi connectivity index (χ3v) is 4.45. The third kappa shape index (κ3) is 2.70. The van der Waals surface area contributed by atoms with E-state index in [2.05, 4.69) is 18.7 Å². The van der Waals surface area contributed by atoms with Crippen molar-refractivity contribution in [3.8, 4) is 11.5 Å². The fraction of sp³-hybridized carbons (Fsp3) is 0.625. The van der Waals surface area contributed by atoms with E-state index in [-0.39, 0.29) is 0 Å². The molecule has 0 amide bonds. The van der Waals surface area contributed by atoms with Crippen molar-refractivity contribution >= 4 is 5.69 Å². The van der Waals surface area contributed by atoms with Gasteiger partial charge in [0.1, 0.15) is 13.2 Å². The third-order valence-electron chi connectivity index (χ3n) is 4.45. The van der Waals surface area contributed by atoms with Crippen LogP contribution >= 0.6 is 0 Å². The lowest BCUT2D eigenvalue weighted by molar-refractivity contribution is 0.171. The van der Waals surface area contributed by atoms with Crippen LogP contribution < -0.4 is 15.2 Å². The zero-order valence-corrected chi connectivity index (χ0v) is 12.4. The average molecular weight is 276 g/mol. The van der Waals surface area contributed by atoms with E-state index in [0.29, 0.717) is 13.2 Å². The molecule has 1 saturated heterocycles. The maximum absolute atomic E-state index is 6.15. The van der Waals surface area contributed by atoms with Crippen LogP contribution in [-0.2, 0) is 6.54 Å². The van der Waals surface area contributed by atoms with Crippen LogP contribution in [0.5, 0.6) is 11.5 Å². The van der Waals surface area contributed by atoms with Gasteiger partial charge in [0.2, 0.25) is 0 Å². The molecule has 2 aliphatic rings. The van der Waals surface area contributed by atoms with Gasteiger partial charge in [-0.2, -0.15) is 0 Å². The number of hydrogen-bond donors (Lipinski definition) is 1. The van der Waals surface area contributed by atoms with Crippen LogP contribution in [-0.4, -0.2) is 31.2 Å². The van der Waals surface area contributed by atoms with Crippen molar-refractivity contribution in [1.82, 2.24) is 4.90 Å². The molecule has 0 spiro atoms. The number of benzene rings is 1. The largest absolute Gasteiger partial charge is 0.486 e. The van der Waals surface area contributed by atoms with Crippen LogP contribution in [0.4, 0.5) is 5.69 Å². The number of likely N-dealkylation sites (tertiary alicyclic amines) is 1. The van der Waals surface area contributed by atoms with Gasteiger partial charge >= 0.3 is 0 Å². The first-order valence-electron chi connectivity index (χ1n) is 7.54. The van der Waals surface area contributed by atoms with Crippen molar-refractivity contribution in [3.05, 3.63) is 17.7 Å². The molecule has 2 N–H and O–H groups in total. The van der Waals surface area contributed by atoms with Gasteiger partial charge in [-0.05, 0) is 36.4 Å². The second kappa shape index (κ2) is 5.52. The van der Waals surface area contributed by atoms with Gasteiger partial charge in [0, 0.05) is 24.8 Å². The van der Waals surface area contributed by atoms with Gasteiger partial charge in [-0.25, -0.2) is 0 Å². The van der Waals surface area contributed by atoms with Gasteiger partial charge in [-0.15, -0.1) is 0 Å². The summed E-state index contributed by atoms with van der Waals surface area (Å²) in [5.41, 5.74) is 8.11. The summed E-state index contributed by atoms with van der Waals surface area (Å²) >= 11 is 0. The first-order valence-corrected chi connectivity index (χ1v) is 7.54. The molecule has 1 fully saturated rings. The molecule has 0 saturated carbocycles. The second-order valence-corrected chi connectivity index (χ2v) is 6.22. The molecule has 0 radical (unpaired) electrons. The fourth-order valence-electron chi connectivity index (χ4n) is 3.07. The van der Waals surface area contributed by atoms with E-state index < -0.39 is 0 Å². The number of anilines is 1. The van der Waals surface area contributed by atoms with Crippen LogP contribution in [0.2, 0.25) is 0 Å². The van der Waals surface area contributed by atoms with E-state index in [1.165, 1.54) is 13.0 Å². The van der Waals surface area contributed by atoms with Crippen molar-refractivity contribution in [1.29, 1.82) is 0 Å². The van der Waals surface area contributed by atoms with E-state index in [0.717, 1.165) is 47.7 Å². The standard InChI is InChI=1S/C16H24N2O2/c1-11(2)12-3-4-18(9-12)10-13-7-15-16(8-14(13)17)20-6-5-19-15/h7-8,11-12H,3-6,9-10,17H2,1-2H3. The molecule has 20 heavy (non-hydrogen) atoms. The quantitative estimate of drug-likeness (QED) is 0.862. The normalized spacial score (nSPS) is 22.4. The molecule has 3 rings (SSSR count). The lowest BCUT2D eigenvalue weighted by Gasteiger charge is -2.22. The van der Waals surface area contributed by atoms with Crippen LogP contribution in [0.3, 0.4) is 0 Å². The summed E-state index contributed by atoms with van der Waals surface area (Å²) in [6, 6.07) is 3.95. The topological polar surface area (TPSA) is 47.7 Å². The van der Waals surface area contributed by atoms with Crippen molar-refractivity contribution in [2.24, 2.45) is 11.8 Å². The summed E-state index contributed by atoms with van der Waals surface area (Å²) in [7, 11) is 0. The SMILES string of the molecule is CC(C)C1CCN(Cc2cc3c(cc2N)OCCO3)C1. The lowest BCUT2D eigenvalue weighted by Crippen LogP contribution is -2.22. The minimum atomic E-state index is 0.605. The molecule has 2 heterocycles. The summed E-state index contributed by atoms with van der Waals surface area (Å²) in [4.78, 5) is 2.49. The molecule has 4 nitrogen and oxygen atoms in total. The van der Waals surface area contributed by atoms with Crippen molar-refractivity contribution in [2.45, 2.75) is 26.8 Å². The highest BCUT2D eigenvalue weighted by atomic mass is 16.6.